The van der Waals surface area contributed by atoms with Gasteiger partial charge in [-0.25, -0.2) is 0 Å². The molecule has 156 valence electrons. The molecule has 0 unspecified atom stereocenters. The molecule has 1 aromatic heterocycles. The molecule has 8 nitrogen and oxygen atoms in total. The van der Waals surface area contributed by atoms with Crippen LogP contribution < -0.4 is 10.6 Å². The van der Waals surface area contributed by atoms with E-state index < -0.39 is 0 Å². The predicted molar refractivity (Wildman–Crippen MR) is 113 cm³/mol. The highest BCUT2D eigenvalue weighted by atomic mass is 16.5. The smallest absolute Gasteiger partial charge is 0.256 e. The van der Waals surface area contributed by atoms with Gasteiger partial charge >= 0.3 is 0 Å². The normalized spacial score (nSPS) is 19.5. The number of carbonyl (C=O) groups is 3. The van der Waals surface area contributed by atoms with Crippen molar-refractivity contribution in [3.8, 4) is 0 Å². The number of benzene rings is 1. The number of fused-ring (bicyclic) bond motifs is 2. The topological polar surface area (TPSA) is 104 Å². The van der Waals surface area contributed by atoms with Crippen LogP contribution in [0.3, 0.4) is 0 Å². The minimum Gasteiger partial charge on any atom is -0.378 e. The molecule has 2 bridgehead atoms. The molecule has 0 atom stereocenters. The fraction of sp³-hybridized carbons (Fsp3) is 0.318. The van der Waals surface area contributed by atoms with E-state index in [4.69, 9.17) is 4.74 Å². The first kappa shape index (κ1) is 19.9. The molecular formula is C22H24N4O4. The number of aromatic amines is 1. The molecule has 2 aliphatic rings. The van der Waals surface area contributed by atoms with Gasteiger partial charge in [-0.3, -0.25) is 14.4 Å². The van der Waals surface area contributed by atoms with E-state index in [1.54, 1.807) is 30.2 Å². The van der Waals surface area contributed by atoms with Crippen molar-refractivity contribution in [2.75, 3.05) is 38.7 Å². The number of H-pyrrole nitrogens is 1. The van der Waals surface area contributed by atoms with Crippen molar-refractivity contribution in [3.05, 3.63) is 52.3 Å². The van der Waals surface area contributed by atoms with Gasteiger partial charge in [0, 0.05) is 37.1 Å². The Morgan fingerprint density at radius 2 is 1.90 bits per heavy atom. The molecule has 30 heavy (non-hydrogen) atoms. The maximum Gasteiger partial charge on any atom is 0.256 e. The van der Waals surface area contributed by atoms with Crippen LogP contribution in [0.5, 0.6) is 0 Å². The summed E-state index contributed by atoms with van der Waals surface area (Å²) >= 11 is 0. The largest absolute Gasteiger partial charge is 0.378 e. The minimum absolute atomic E-state index is 0.111. The highest BCUT2D eigenvalue weighted by molar-refractivity contribution is 6.35. The van der Waals surface area contributed by atoms with Crippen molar-refractivity contribution in [1.29, 1.82) is 0 Å². The Kier molecular flexibility index (Phi) is 5.41. The molecule has 1 aromatic carbocycles. The molecule has 0 spiro atoms. The Morgan fingerprint density at radius 1 is 1.07 bits per heavy atom. The Bertz CT molecular complexity index is 1050. The van der Waals surface area contributed by atoms with E-state index in [0.29, 0.717) is 48.8 Å². The summed E-state index contributed by atoms with van der Waals surface area (Å²) in [6, 6.07) is 7.26. The highest BCUT2D eigenvalue weighted by Gasteiger charge is 2.26. The molecule has 8 heteroatoms. The van der Waals surface area contributed by atoms with E-state index in [2.05, 4.69) is 15.6 Å². The lowest BCUT2D eigenvalue weighted by Crippen LogP contribution is -2.32. The Hall–Kier alpha value is -3.39. The quantitative estimate of drug-likeness (QED) is 0.616. The first-order valence-electron chi connectivity index (χ1n) is 9.88. The fourth-order valence-corrected chi connectivity index (χ4v) is 3.65. The van der Waals surface area contributed by atoms with Crippen molar-refractivity contribution in [2.24, 2.45) is 0 Å². The predicted octanol–water partition coefficient (Wildman–Crippen LogP) is 1.58. The van der Waals surface area contributed by atoms with Gasteiger partial charge in [0.15, 0.2) is 0 Å². The lowest BCUT2D eigenvalue weighted by Gasteiger charge is -2.17. The van der Waals surface area contributed by atoms with Crippen LogP contribution in [0.1, 0.15) is 32.9 Å². The highest BCUT2D eigenvalue weighted by Crippen LogP contribution is 2.34. The van der Waals surface area contributed by atoms with Crippen LogP contribution in [0, 0.1) is 6.92 Å². The summed E-state index contributed by atoms with van der Waals surface area (Å²) in [5, 5.41) is 5.67. The molecule has 0 aliphatic carbocycles. The maximum atomic E-state index is 13.0. The molecule has 2 aromatic rings. The van der Waals surface area contributed by atoms with Crippen molar-refractivity contribution < 1.29 is 19.1 Å². The fourth-order valence-electron chi connectivity index (χ4n) is 3.65. The molecule has 0 radical (unpaired) electrons. The third-order valence-electron chi connectivity index (χ3n) is 5.22. The first-order chi connectivity index (χ1) is 14.4. The monoisotopic (exact) mass is 408 g/mol. The van der Waals surface area contributed by atoms with Crippen LogP contribution in [0.4, 0.5) is 5.69 Å². The number of likely N-dealkylation sites (N-methyl/N-ethyl adjacent to an activating group) is 1. The third kappa shape index (κ3) is 3.99. The zero-order valence-corrected chi connectivity index (χ0v) is 17.0. The number of carbonyl (C=O) groups excluding carboxylic acids is 3. The van der Waals surface area contributed by atoms with Gasteiger partial charge in [0.1, 0.15) is 0 Å². The van der Waals surface area contributed by atoms with E-state index in [1.165, 1.54) is 0 Å². The number of ether oxygens (including phenoxy) is 1. The number of nitrogens with zero attached hydrogens (tertiary/aromatic N) is 1. The van der Waals surface area contributed by atoms with Gasteiger partial charge in [0.2, 0.25) is 5.91 Å². The van der Waals surface area contributed by atoms with E-state index in [1.807, 2.05) is 19.1 Å². The summed E-state index contributed by atoms with van der Waals surface area (Å²) in [6.07, 6.45) is 1.91. The van der Waals surface area contributed by atoms with Crippen LogP contribution in [0.25, 0.3) is 11.6 Å². The maximum absolute atomic E-state index is 13.0. The van der Waals surface area contributed by atoms with Crippen molar-refractivity contribution in [3.63, 3.8) is 0 Å². The second-order valence-electron chi connectivity index (χ2n) is 7.54. The van der Waals surface area contributed by atoms with Crippen LogP contribution >= 0.6 is 0 Å². The summed E-state index contributed by atoms with van der Waals surface area (Å²) in [7, 11) is 1.71. The van der Waals surface area contributed by atoms with Gasteiger partial charge in [0.25, 0.3) is 11.8 Å². The minimum atomic E-state index is -0.239. The summed E-state index contributed by atoms with van der Waals surface area (Å²) in [4.78, 5) is 42.6. The molecule has 0 fully saturated rings. The van der Waals surface area contributed by atoms with E-state index in [9.17, 15) is 14.4 Å². The third-order valence-corrected chi connectivity index (χ3v) is 5.22. The van der Waals surface area contributed by atoms with E-state index in [0.717, 1.165) is 16.8 Å². The molecular weight excluding hydrogens is 384 g/mol. The number of amides is 3. The standard InChI is InChI=1S/C22H24N4O4/c1-13-9-17-19(24-13)12-16-15-10-14(3-4-18(15)25-21(16)28)11-20(27)23-5-7-30-8-6-26(2)22(17)29/h3-4,9-10,12,24H,5-8,11H2,1-2H3,(H,23,27)(H,25,28)/b16-12-. The van der Waals surface area contributed by atoms with Crippen LogP contribution in [0.15, 0.2) is 24.3 Å². The van der Waals surface area contributed by atoms with E-state index in [-0.39, 0.29) is 24.1 Å². The Morgan fingerprint density at radius 3 is 2.73 bits per heavy atom. The molecule has 3 N–H and O–H groups in total. The molecule has 2 aliphatic heterocycles. The van der Waals surface area contributed by atoms with Gasteiger partial charge in [0.05, 0.1) is 36.5 Å². The van der Waals surface area contributed by atoms with Crippen molar-refractivity contribution in [1.82, 2.24) is 15.2 Å². The zero-order valence-electron chi connectivity index (χ0n) is 17.0. The Labute approximate surface area is 174 Å². The molecule has 4 rings (SSSR count). The molecule has 0 saturated heterocycles. The van der Waals surface area contributed by atoms with Crippen LogP contribution in [-0.2, 0) is 20.7 Å². The van der Waals surface area contributed by atoms with Crippen LogP contribution in [0.2, 0.25) is 0 Å². The first-order valence-corrected chi connectivity index (χ1v) is 9.88. The Balaban J connectivity index is 1.78. The molecule has 3 amide bonds. The summed E-state index contributed by atoms with van der Waals surface area (Å²) in [5.41, 5.74) is 4.58. The average Bonchev–Trinajstić information content (AvgIpc) is 3.22. The second kappa shape index (κ2) is 8.16. The number of aromatic nitrogens is 1. The number of hydrogen-bond donors (Lipinski definition) is 3. The SMILES string of the molecule is Cc1cc2c([nH]1)/C=C1\C(=O)Nc3ccc(cc31)CC(=O)NCCOCCN(C)C2=O. The van der Waals surface area contributed by atoms with E-state index >= 15 is 0 Å². The number of rotatable bonds is 0. The van der Waals surface area contributed by atoms with Gasteiger partial charge in [-0.05, 0) is 36.8 Å². The van der Waals surface area contributed by atoms with Gasteiger partial charge in [-0.15, -0.1) is 0 Å². The average molecular weight is 408 g/mol. The summed E-state index contributed by atoms with van der Waals surface area (Å²) in [5.74, 6) is -0.503. The van der Waals surface area contributed by atoms with Gasteiger partial charge < -0.3 is 25.3 Å². The number of anilines is 1. The van der Waals surface area contributed by atoms with Gasteiger partial charge in [-0.2, -0.15) is 0 Å². The number of hydrogen-bond acceptors (Lipinski definition) is 4. The second-order valence-corrected chi connectivity index (χ2v) is 7.54. The summed E-state index contributed by atoms with van der Waals surface area (Å²) in [6.45, 7) is 3.42. The van der Waals surface area contributed by atoms with Crippen molar-refractivity contribution in [2.45, 2.75) is 13.3 Å². The van der Waals surface area contributed by atoms with Gasteiger partial charge in [-0.1, -0.05) is 6.07 Å². The molecule has 3 heterocycles. The lowest BCUT2D eigenvalue weighted by atomic mass is 10.0. The zero-order chi connectivity index (χ0) is 21.3. The summed E-state index contributed by atoms with van der Waals surface area (Å²) < 4.78 is 5.54. The van der Waals surface area contributed by atoms with Crippen LogP contribution in [-0.4, -0.2) is 61.0 Å². The number of aryl methyl sites for hydroxylation is 1. The molecule has 0 saturated carbocycles. The lowest BCUT2D eigenvalue weighted by molar-refractivity contribution is -0.120. The number of nitrogens with one attached hydrogen (secondary N) is 3. The van der Waals surface area contributed by atoms with Crippen molar-refractivity contribution >= 4 is 35.1 Å².